The third-order valence-corrected chi connectivity index (χ3v) is 22.4. The number of hydrogen-bond donors (Lipinski definition) is 4. The average Bonchev–Trinajstić information content (AvgIpc) is 1.62. The number of aliphatic imine (C=N–C) groups is 8. The number of benzene rings is 2. The van der Waals surface area contributed by atoms with Gasteiger partial charge in [0.1, 0.15) is 28.2 Å². The molecule has 0 saturated carbocycles. The molecular weight excluding hydrogens is 1460 g/mol. The highest BCUT2D eigenvalue weighted by Crippen LogP contribution is 2.42. The molecule has 18 rings (SSSR count). The van der Waals surface area contributed by atoms with Crippen molar-refractivity contribution in [2.24, 2.45) is 68.1 Å². The molecule has 0 amide bonds. The zero-order valence-electron chi connectivity index (χ0n) is 66.9. The number of fused-ring (bicyclic) bond motifs is 10. The first-order chi connectivity index (χ1) is 57.7. The van der Waals surface area contributed by atoms with Gasteiger partial charge in [-0.2, -0.15) is 0 Å². The predicted octanol–water partition coefficient (Wildman–Crippen LogP) is 16.7. The van der Waals surface area contributed by atoms with Crippen molar-refractivity contribution in [2.75, 3.05) is 27.2 Å². The van der Waals surface area contributed by atoms with E-state index in [1.807, 2.05) is 119 Å². The summed E-state index contributed by atoms with van der Waals surface area (Å²) in [6.45, 7) is 1.06. The minimum Gasteiger partial charge on any atom is -0.493 e. The lowest BCUT2D eigenvalue weighted by Crippen LogP contribution is -2.26. The van der Waals surface area contributed by atoms with Gasteiger partial charge >= 0.3 is 0 Å². The van der Waals surface area contributed by atoms with Crippen LogP contribution in [0.2, 0.25) is 0 Å². The number of H-pyrrole nitrogens is 2. The fourth-order valence-corrected chi connectivity index (χ4v) is 16.1. The van der Waals surface area contributed by atoms with E-state index < -0.39 is 0 Å². The maximum atomic E-state index is 11.5. The van der Waals surface area contributed by atoms with Crippen LogP contribution in [0.15, 0.2) is 384 Å². The second-order valence-electron chi connectivity index (χ2n) is 30.8. The van der Waals surface area contributed by atoms with E-state index in [1.54, 1.807) is 0 Å². The normalized spacial score (nSPS) is 17.4. The van der Waals surface area contributed by atoms with Crippen LogP contribution in [0.3, 0.4) is 0 Å². The van der Waals surface area contributed by atoms with Gasteiger partial charge in [0.15, 0.2) is 49.6 Å². The molecule has 16 heterocycles. The van der Waals surface area contributed by atoms with E-state index in [4.69, 9.17) is 30.0 Å². The highest BCUT2D eigenvalue weighted by molar-refractivity contribution is 6.39. The molecule has 578 valence electrons. The Kier molecular flexibility index (Phi) is 20.8. The second kappa shape index (κ2) is 32.8. The highest BCUT2D eigenvalue weighted by atomic mass is 16.3. The van der Waals surface area contributed by atoms with Gasteiger partial charge in [-0.1, -0.05) is 62.8 Å². The van der Waals surface area contributed by atoms with Crippen molar-refractivity contribution in [3.63, 3.8) is 0 Å². The van der Waals surface area contributed by atoms with Crippen LogP contribution in [0.25, 0.3) is 39.0 Å². The largest absolute Gasteiger partial charge is 0.493 e. The lowest BCUT2D eigenvalue weighted by atomic mass is 9.97. The number of aliphatic hydroxyl groups excluding tert-OH is 2. The minimum absolute atomic E-state index is 0.0225. The zero-order chi connectivity index (χ0) is 80.3. The molecule has 0 atom stereocenters. The van der Waals surface area contributed by atoms with Crippen LogP contribution in [-0.2, 0) is 28.2 Å². The molecule has 0 saturated heterocycles. The fourth-order valence-electron chi connectivity index (χ4n) is 16.1. The number of pyridine rings is 4. The molecule has 10 aliphatic heterocycles. The Morgan fingerprint density at radius 3 is 0.822 bits per heavy atom. The van der Waals surface area contributed by atoms with Gasteiger partial charge in [0, 0.05) is 179 Å². The Morgan fingerprint density at radius 1 is 0.280 bits per heavy atom. The van der Waals surface area contributed by atoms with Gasteiger partial charge in [0.05, 0.1) is 68.5 Å². The first kappa shape index (κ1) is 74.9. The zero-order valence-corrected chi connectivity index (χ0v) is 66.9. The summed E-state index contributed by atoms with van der Waals surface area (Å²) < 4.78 is 8.13. The number of nitrogens with one attached hydrogen (secondary N) is 2. The molecule has 18 heteroatoms. The second-order valence-corrected chi connectivity index (χ2v) is 30.8. The van der Waals surface area contributed by atoms with Crippen LogP contribution < -0.4 is 18.3 Å². The summed E-state index contributed by atoms with van der Waals surface area (Å²) in [5, 5.41) is 22.9. The molecule has 6 aromatic heterocycles. The van der Waals surface area contributed by atoms with E-state index in [1.165, 1.54) is 0 Å². The van der Waals surface area contributed by atoms with E-state index in [0.29, 0.717) is 24.2 Å². The van der Waals surface area contributed by atoms with Gasteiger partial charge in [-0.3, -0.25) is 9.98 Å². The monoisotopic (exact) mass is 1550 g/mol. The van der Waals surface area contributed by atoms with Crippen LogP contribution in [0, 0.1) is 0 Å². The van der Waals surface area contributed by atoms with Crippen LogP contribution in [0.5, 0.6) is 0 Å². The maximum absolute atomic E-state index is 11.5. The van der Waals surface area contributed by atoms with E-state index in [-0.39, 0.29) is 11.8 Å². The molecule has 118 heavy (non-hydrogen) atoms. The number of aryl methyl sites for hydroxylation is 4. The summed E-state index contributed by atoms with van der Waals surface area (Å²) in [6.07, 6.45) is 66.5. The first-order valence-corrected chi connectivity index (χ1v) is 40.4. The molecule has 0 fully saturated rings. The molecule has 2 aromatic carbocycles. The standard InChI is InChI=1S/C100H88N16O2/c1-111-53-39-67(40-54-111)93-79-27-23-75(103-79)91(76-24-28-80(104-76)94(68-41-55-112(2)56-42-68)84-32-36-88(108-84)97(87-35-31-83(93)107-87)71-47-61-115(5)62-48-71)65-15-19-73(20-16-65)99(117)101-51-13-11-9-7-8-10-12-14-52-102-100(118)74-21-17-66(18-22-74)92-77-25-29-81(105-77)95(69-43-57-113(3)58-44-69)85-33-37-89(109-85)98(72-49-63-116(6)64-50-72)90-38-34-86(110-90)96(82-30-26-78(92)106-82)70-45-59-114(4)60-46-70/h15-50,53-64H,7-14,51-52H2,1-6H3,(H2-2,101,102,103,104,105,106,107,108,109,110,117,118)/q+2/p+2. The SMILES string of the molecule is CN1C=CC(=C2C3=NC(=C(c4cc[n+](C)cc4)C4=NC(=C(c5cc[n+](C)cc5)c5ccc([nH]5)C(c5ccc(C(O)=NCCCCCCCCCCN=C(O)c6ccc(C7=C8C=CC(=N8)C(c8cc[n+](C)cc8)=C8C=CC(=N8)C(c8cc[n+](C)cc8)=C8C=CC(=N8)C(=C8C=CN(C)C=C8)c8ccc7[nH]8)cc6)cc5)=C5C=CC2=N5)C=C4)C=C3)C=C1. The number of nitrogens with zero attached hydrogens (tertiary/aromatic N) is 14. The smallest absolute Gasteiger partial charge is 0.213 e. The highest BCUT2D eigenvalue weighted by Gasteiger charge is 2.31. The van der Waals surface area contributed by atoms with Crippen molar-refractivity contribution >= 4 is 85.1 Å². The van der Waals surface area contributed by atoms with Crippen molar-refractivity contribution in [1.29, 1.82) is 0 Å². The summed E-state index contributed by atoms with van der Waals surface area (Å²) in [7, 11) is 12.1. The third-order valence-electron chi connectivity index (χ3n) is 22.4. The number of aliphatic hydroxyl groups is 2. The lowest BCUT2D eigenvalue weighted by molar-refractivity contribution is -0.671. The molecule has 4 N–H and O–H groups in total. The van der Waals surface area contributed by atoms with Gasteiger partial charge in [-0.05, 0) is 203 Å². The average molecular weight is 1550 g/mol. The molecule has 8 aromatic rings. The Morgan fingerprint density at radius 2 is 0.517 bits per heavy atom. The number of aromatic amines is 2. The van der Waals surface area contributed by atoms with E-state index in [0.717, 1.165) is 232 Å². The topological polar surface area (TPSA) is 193 Å². The molecule has 10 aliphatic rings. The lowest BCUT2D eigenvalue weighted by Gasteiger charge is -2.16. The van der Waals surface area contributed by atoms with Crippen molar-refractivity contribution in [1.82, 2.24) is 19.8 Å². The third kappa shape index (κ3) is 15.6. The molecule has 0 aliphatic carbocycles. The first-order valence-electron chi connectivity index (χ1n) is 40.4. The summed E-state index contributed by atoms with van der Waals surface area (Å²) in [5.74, 6) is 0.0451. The fraction of sp³-hybridized carbons (Fsp3) is 0.160. The number of aromatic nitrogens is 6. The molecule has 0 radical (unpaired) electrons. The number of unbranched alkanes of at least 4 members (excludes halogenated alkanes) is 7. The van der Waals surface area contributed by atoms with Crippen molar-refractivity contribution < 1.29 is 28.5 Å². The molecule has 18 nitrogen and oxygen atoms in total. The molecule has 0 spiro atoms. The Bertz CT molecular complexity index is 6320. The quantitative estimate of drug-likeness (QED) is 0.0271. The van der Waals surface area contributed by atoms with E-state index >= 15 is 0 Å². The summed E-state index contributed by atoms with van der Waals surface area (Å²) >= 11 is 0. The number of hydrogen-bond acceptors (Lipinski definition) is 10. The Labute approximate surface area is 687 Å². The number of allylic oxidation sites excluding steroid dienone is 23. The van der Waals surface area contributed by atoms with Crippen molar-refractivity contribution in [3.05, 3.63) is 411 Å². The Hall–Kier alpha value is -14.5. The van der Waals surface area contributed by atoms with Crippen molar-refractivity contribution in [3.8, 4) is 0 Å². The number of rotatable bonds is 19. The van der Waals surface area contributed by atoms with Gasteiger partial charge in [-0.15, -0.1) is 0 Å². The van der Waals surface area contributed by atoms with Gasteiger partial charge in [-0.25, -0.2) is 48.2 Å². The van der Waals surface area contributed by atoms with Gasteiger partial charge in [0.2, 0.25) is 11.8 Å². The van der Waals surface area contributed by atoms with E-state index in [2.05, 4.69) is 264 Å². The van der Waals surface area contributed by atoms with Gasteiger partial charge < -0.3 is 30.0 Å². The summed E-state index contributed by atoms with van der Waals surface area (Å²) in [4.78, 5) is 53.9. The van der Waals surface area contributed by atoms with Crippen LogP contribution in [-0.4, -0.2) is 103 Å². The van der Waals surface area contributed by atoms with Crippen LogP contribution in [0.4, 0.5) is 0 Å². The molecule has 16 bridgehead atoms. The molecule has 0 unspecified atom stereocenters. The predicted molar refractivity (Wildman–Crippen MR) is 474 cm³/mol. The van der Waals surface area contributed by atoms with Gasteiger partial charge in [0.25, 0.3) is 0 Å². The van der Waals surface area contributed by atoms with E-state index in [9.17, 15) is 10.2 Å². The minimum atomic E-state index is 0.0225. The summed E-state index contributed by atoms with van der Waals surface area (Å²) in [5.41, 5.74) is 29.9. The van der Waals surface area contributed by atoms with Crippen LogP contribution >= 0.6 is 0 Å². The molecular formula is C100H90N16O2+4. The Balaban J connectivity index is 0.528. The van der Waals surface area contributed by atoms with Crippen LogP contribution in [0.1, 0.15) is 119 Å². The summed E-state index contributed by atoms with van der Waals surface area (Å²) in [6, 6.07) is 41.5. The van der Waals surface area contributed by atoms with Crippen molar-refractivity contribution in [2.45, 2.75) is 51.4 Å². The maximum Gasteiger partial charge on any atom is 0.213 e.